The van der Waals surface area contributed by atoms with Crippen molar-refractivity contribution in [2.24, 2.45) is 5.92 Å². The minimum Gasteiger partial charge on any atom is -0.480 e. The molecule has 21 heavy (non-hydrogen) atoms. The summed E-state index contributed by atoms with van der Waals surface area (Å²) in [5.74, 6) is -1.73. The number of rotatable bonds is 6. The van der Waals surface area contributed by atoms with E-state index in [-0.39, 0.29) is 16.1 Å². The quantitative estimate of drug-likeness (QED) is 0.601. The van der Waals surface area contributed by atoms with Crippen molar-refractivity contribution in [3.63, 3.8) is 0 Å². The molecule has 1 aromatic carbocycles. The number of nitrogens with one attached hydrogen (secondary N) is 1. The van der Waals surface area contributed by atoms with Crippen LogP contribution in [0.5, 0.6) is 0 Å². The highest BCUT2D eigenvalue weighted by molar-refractivity contribution is 7.89. The lowest BCUT2D eigenvalue weighted by Gasteiger charge is -2.18. The summed E-state index contributed by atoms with van der Waals surface area (Å²) in [6, 6.07) is 2.02. The number of hydrogen-bond donors (Lipinski definition) is 2. The molecule has 116 valence electrons. The number of nitro groups is 1. The lowest BCUT2D eigenvalue weighted by molar-refractivity contribution is -0.385. The Bertz CT molecular complexity index is 668. The van der Waals surface area contributed by atoms with Gasteiger partial charge in [0.15, 0.2) is 0 Å². The molecule has 0 aliphatic heterocycles. The monoisotopic (exact) mass is 316 g/mol. The fraction of sp³-hybridized carbons (Fsp3) is 0.417. The van der Waals surface area contributed by atoms with Crippen molar-refractivity contribution in [2.75, 3.05) is 0 Å². The van der Waals surface area contributed by atoms with E-state index in [0.717, 1.165) is 18.2 Å². The Labute approximate surface area is 122 Å². The minimum atomic E-state index is -4.07. The number of sulfonamides is 1. The highest BCUT2D eigenvalue weighted by Gasteiger charge is 2.28. The van der Waals surface area contributed by atoms with Gasteiger partial charge in [-0.05, 0) is 25.0 Å². The standard InChI is InChI=1S/C12H16N2O6S/c1-7(2)11(12(15)16)13-21(19,20)9-4-5-10(14(17)18)8(3)6-9/h4-7,11,13H,1-3H3,(H,15,16). The molecular formula is C12H16N2O6S. The zero-order chi connectivity index (χ0) is 16.4. The van der Waals surface area contributed by atoms with Gasteiger partial charge in [-0.15, -0.1) is 0 Å². The molecule has 8 nitrogen and oxygen atoms in total. The van der Waals surface area contributed by atoms with Crippen molar-refractivity contribution in [1.82, 2.24) is 4.72 Å². The molecule has 0 amide bonds. The highest BCUT2D eigenvalue weighted by Crippen LogP contribution is 2.22. The van der Waals surface area contributed by atoms with E-state index in [0.29, 0.717) is 0 Å². The van der Waals surface area contributed by atoms with E-state index >= 15 is 0 Å². The molecule has 0 spiro atoms. The Morgan fingerprint density at radius 3 is 2.33 bits per heavy atom. The molecule has 0 saturated carbocycles. The molecule has 0 aliphatic carbocycles. The fourth-order valence-electron chi connectivity index (χ4n) is 1.71. The van der Waals surface area contributed by atoms with E-state index < -0.39 is 32.9 Å². The summed E-state index contributed by atoms with van der Waals surface area (Å²) in [5.41, 5.74) is -0.0214. The van der Waals surface area contributed by atoms with Gasteiger partial charge >= 0.3 is 5.97 Å². The number of nitrogens with zero attached hydrogens (tertiary/aromatic N) is 1. The van der Waals surface area contributed by atoms with Crippen molar-refractivity contribution in [1.29, 1.82) is 0 Å². The first-order chi connectivity index (χ1) is 9.56. The van der Waals surface area contributed by atoms with Crippen molar-refractivity contribution >= 4 is 21.7 Å². The molecule has 1 aromatic rings. The minimum absolute atomic E-state index is 0.180. The van der Waals surface area contributed by atoms with Gasteiger partial charge in [0.1, 0.15) is 6.04 Å². The van der Waals surface area contributed by atoms with Crippen molar-refractivity contribution < 1.29 is 23.2 Å². The Balaban J connectivity index is 3.17. The van der Waals surface area contributed by atoms with Gasteiger partial charge in [-0.2, -0.15) is 4.72 Å². The van der Waals surface area contributed by atoms with E-state index in [4.69, 9.17) is 5.11 Å². The molecule has 0 aliphatic rings. The Morgan fingerprint density at radius 2 is 1.95 bits per heavy atom. The number of aryl methyl sites for hydroxylation is 1. The van der Waals surface area contributed by atoms with Gasteiger partial charge in [-0.25, -0.2) is 8.42 Å². The predicted molar refractivity (Wildman–Crippen MR) is 74.4 cm³/mol. The third-order valence-corrected chi connectivity index (χ3v) is 4.33. The van der Waals surface area contributed by atoms with Crippen LogP contribution in [0, 0.1) is 23.0 Å². The molecule has 1 rings (SSSR count). The Kier molecular flexibility index (Phi) is 5.02. The number of benzene rings is 1. The zero-order valence-electron chi connectivity index (χ0n) is 11.7. The molecule has 0 aromatic heterocycles. The van der Waals surface area contributed by atoms with Crippen molar-refractivity contribution in [3.8, 4) is 0 Å². The average molecular weight is 316 g/mol. The van der Waals surface area contributed by atoms with Gasteiger partial charge in [-0.1, -0.05) is 13.8 Å². The van der Waals surface area contributed by atoms with Crippen molar-refractivity contribution in [2.45, 2.75) is 31.7 Å². The third-order valence-electron chi connectivity index (χ3n) is 2.89. The number of carbonyl (C=O) groups is 1. The van der Waals surface area contributed by atoms with Gasteiger partial charge < -0.3 is 5.11 Å². The maximum absolute atomic E-state index is 12.1. The summed E-state index contributed by atoms with van der Waals surface area (Å²) < 4.78 is 26.4. The second kappa shape index (κ2) is 6.19. The van der Waals surface area contributed by atoms with Crippen LogP contribution in [-0.2, 0) is 14.8 Å². The van der Waals surface area contributed by atoms with Crippen LogP contribution in [0.3, 0.4) is 0 Å². The van der Waals surface area contributed by atoms with Crippen LogP contribution in [0.15, 0.2) is 23.1 Å². The van der Waals surface area contributed by atoms with Crippen LogP contribution in [0.25, 0.3) is 0 Å². The van der Waals surface area contributed by atoms with Gasteiger partial charge in [0.05, 0.1) is 9.82 Å². The molecule has 0 heterocycles. The van der Waals surface area contributed by atoms with Gasteiger partial charge in [0.2, 0.25) is 10.0 Å². The van der Waals surface area contributed by atoms with E-state index in [1.807, 2.05) is 0 Å². The topological polar surface area (TPSA) is 127 Å². The molecule has 1 atom stereocenters. The van der Waals surface area contributed by atoms with E-state index in [2.05, 4.69) is 4.72 Å². The van der Waals surface area contributed by atoms with Crippen LogP contribution in [0.4, 0.5) is 5.69 Å². The van der Waals surface area contributed by atoms with E-state index in [9.17, 15) is 23.3 Å². The van der Waals surface area contributed by atoms with Crippen LogP contribution >= 0.6 is 0 Å². The molecule has 0 radical (unpaired) electrons. The maximum atomic E-state index is 12.1. The van der Waals surface area contributed by atoms with Crippen LogP contribution in [0.1, 0.15) is 19.4 Å². The molecule has 1 unspecified atom stereocenters. The first kappa shape index (κ1) is 17.1. The normalized spacial score (nSPS) is 13.1. The van der Waals surface area contributed by atoms with Crippen LogP contribution in [0.2, 0.25) is 0 Å². The SMILES string of the molecule is Cc1cc(S(=O)(=O)NC(C(=O)O)C(C)C)ccc1[N+](=O)[O-]. The number of carboxylic acids is 1. The number of hydrogen-bond acceptors (Lipinski definition) is 5. The highest BCUT2D eigenvalue weighted by atomic mass is 32.2. The van der Waals surface area contributed by atoms with Crippen LogP contribution < -0.4 is 4.72 Å². The molecule has 9 heteroatoms. The molecule has 0 bridgehead atoms. The Morgan fingerprint density at radius 1 is 1.38 bits per heavy atom. The van der Waals surface area contributed by atoms with Gasteiger partial charge in [0.25, 0.3) is 5.69 Å². The summed E-state index contributed by atoms with van der Waals surface area (Å²) in [5, 5.41) is 19.7. The van der Waals surface area contributed by atoms with Crippen molar-refractivity contribution in [3.05, 3.63) is 33.9 Å². The second-order valence-electron chi connectivity index (χ2n) is 4.89. The Hall–Kier alpha value is -2.00. The summed E-state index contributed by atoms with van der Waals surface area (Å²) in [7, 11) is -4.07. The van der Waals surface area contributed by atoms with E-state index in [1.165, 1.54) is 6.92 Å². The summed E-state index contributed by atoms with van der Waals surface area (Å²) >= 11 is 0. The largest absolute Gasteiger partial charge is 0.480 e. The summed E-state index contributed by atoms with van der Waals surface area (Å²) in [6.45, 7) is 4.55. The number of aliphatic carboxylic acids is 1. The van der Waals surface area contributed by atoms with Gasteiger partial charge in [-0.3, -0.25) is 14.9 Å². The molecule has 2 N–H and O–H groups in total. The zero-order valence-corrected chi connectivity index (χ0v) is 12.5. The summed E-state index contributed by atoms with van der Waals surface area (Å²) in [4.78, 5) is 20.9. The predicted octanol–water partition coefficient (Wildman–Crippen LogP) is 1.29. The maximum Gasteiger partial charge on any atom is 0.322 e. The second-order valence-corrected chi connectivity index (χ2v) is 6.60. The average Bonchev–Trinajstić information content (AvgIpc) is 2.34. The molecule has 0 fully saturated rings. The smallest absolute Gasteiger partial charge is 0.322 e. The molecule has 0 saturated heterocycles. The number of nitro benzene ring substituents is 1. The van der Waals surface area contributed by atoms with Crippen LogP contribution in [-0.4, -0.2) is 30.5 Å². The fourth-order valence-corrected chi connectivity index (χ4v) is 3.13. The molecular weight excluding hydrogens is 300 g/mol. The first-order valence-electron chi connectivity index (χ1n) is 6.06. The van der Waals surface area contributed by atoms with E-state index in [1.54, 1.807) is 13.8 Å². The lowest BCUT2D eigenvalue weighted by Crippen LogP contribution is -2.44. The van der Waals surface area contributed by atoms with Gasteiger partial charge in [0, 0.05) is 11.6 Å². The summed E-state index contributed by atoms with van der Waals surface area (Å²) in [6.07, 6.45) is 0. The lowest BCUT2D eigenvalue weighted by atomic mass is 10.1. The number of carboxylic acid groups (broad SMARTS) is 1. The first-order valence-corrected chi connectivity index (χ1v) is 7.54. The third kappa shape index (κ3) is 3.99.